The molecule has 0 radical (unpaired) electrons. The Morgan fingerprint density at radius 2 is 1.00 bits per heavy atom. The second-order valence-corrected chi connectivity index (χ2v) is 2.00. The topological polar surface area (TPSA) is 9.23 Å². The van der Waals surface area contributed by atoms with E-state index in [4.69, 9.17) is 0 Å². The highest BCUT2D eigenvalue weighted by Crippen LogP contribution is 2.04. The maximum Gasteiger partial charge on any atom is 0.129 e. The Morgan fingerprint density at radius 1 is 0.833 bits per heavy atom. The first-order valence-corrected chi connectivity index (χ1v) is 3.12. The van der Waals surface area contributed by atoms with E-state index in [1.165, 1.54) is 0 Å². The highest BCUT2D eigenvalue weighted by molar-refractivity contribution is 5.07. The average Bonchev–Trinajstić information content (AvgIpc) is 1.84. The minimum Gasteiger partial charge on any atom is -0.388 e. The lowest BCUT2D eigenvalue weighted by Crippen LogP contribution is -1.81. The van der Waals surface area contributed by atoms with Crippen LogP contribution in [0.4, 0.5) is 13.2 Å². The standard InChI is InChI=1S/C6H3F3.C2H6O/c7-4-1-5(8)3-6(9)2-4;1-3-2/h1-3H;1-2H3. The molecule has 0 aliphatic heterocycles. The van der Waals surface area contributed by atoms with Crippen LogP contribution in [0, 0.1) is 17.5 Å². The minimum absolute atomic E-state index is 0.614. The number of ether oxygens (including phenoxy) is 1. The Bertz CT molecular complexity index is 187. The number of hydrogen-bond donors (Lipinski definition) is 0. The van der Waals surface area contributed by atoms with Crippen LogP contribution >= 0.6 is 0 Å². The van der Waals surface area contributed by atoms with Gasteiger partial charge >= 0.3 is 0 Å². The molecule has 1 rings (SSSR count). The van der Waals surface area contributed by atoms with Crippen molar-refractivity contribution in [2.75, 3.05) is 14.2 Å². The highest BCUT2D eigenvalue weighted by Gasteiger charge is 1.96. The van der Waals surface area contributed by atoms with Crippen molar-refractivity contribution >= 4 is 0 Å². The van der Waals surface area contributed by atoms with Gasteiger partial charge in [0.05, 0.1) is 0 Å². The molecule has 0 saturated heterocycles. The monoisotopic (exact) mass is 178 g/mol. The first-order valence-electron chi connectivity index (χ1n) is 3.12. The fourth-order valence-electron chi connectivity index (χ4n) is 0.520. The summed E-state index contributed by atoms with van der Waals surface area (Å²) in [4.78, 5) is 0. The largest absolute Gasteiger partial charge is 0.388 e. The van der Waals surface area contributed by atoms with Crippen LogP contribution in [0.1, 0.15) is 0 Å². The molecule has 0 N–H and O–H groups in total. The van der Waals surface area contributed by atoms with E-state index in [-0.39, 0.29) is 0 Å². The van der Waals surface area contributed by atoms with Gasteiger partial charge < -0.3 is 4.74 Å². The molecule has 0 aliphatic rings. The van der Waals surface area contributed by atoms with Gasteiger partial charge in [-0.1, -0.05) is 0 Å². The molecule has 0 aliphatic carbocycles. The van der Waals surface area contributed by atoms with Gasteiger partial charge in [-0.3, -0.25) is 0 Å². The quantitative estimate of drug-likeness (QED) is 0.592. The molecule has 0 fully saturated rings. The summed E-state index contributed by atoms with van der Waals surface area (Å²) >= 11 is 0. The van der Waals surface area contributed by atoms with Crippen LogP contribution in [-0.2, 0) is 4.74 Å². The molecule has 0 amide bonds. The second kappa shape index (κ2) is 5.60. The second-order valence-electron chi connectivity index (χ2n) is 2.00. The molecule has 0 heterocycles. The van der Waals surface area contributed by atoms with Crippen molar-refractivity contribution in [2.45, 2.75) is 0 Å². The Morgan fingerprint density at radius 3 is 1.17 bits per heavy atom. The Balaban J connectivity index is 0.000000354. The van der Waals surface area contributed by atoms with Gasteiger partial charge in [-0.2, -0.15) is 0 Å². The zero-order chi connectivity index (χ0) is 9.56. The van der Waals surface area contributed by atoms with Crippen LogP contribution in [0.15, 0.2) is 18.2 Å². The van der Waals surface area contributed by atoms with Crippen LogP contribution in [-0.4, -0.2) is 14.2 Å². The summed E-state index contributed by atoms with van der Waals surface area (Å²) in [7, 11) is 3.25. The van der Waals surface area contributed by atoms with E-state index in [0.29, 0.717) is 18.2 Å². The van der Waals surface area contributed by atoms with Crippen molar-refractivity contribution in [1.82, 2.24) is 0 Å². The van der Waals surface area contributed by atoms with Gasteiger partial charge in [-0.05, 0) is 0 Å². The van der Waals surface area contributed by atoms with Crippen LogP contribution in [0.2, 0.25) is 0 Å². The van der Waals surface area contributed by atoms with Gasteiger partial charge in [-0.25, -0.2) is 13.2 Å². The normalized spacial score (nSPS) is 8.75. The van der Waals surface area contributed by atoms with E-state index in [0.717, 1.165) is 0 Å². The van der Waals surface area contributed by atoms with Gasteiger partial charge in [0.2, 0.25) is 0 Å². The van der Waals surface area contributed by atoms with E-state index in [1.807, 2.05) is 0 Å². The van der Waals surface area contributed by atoms with Crippen molar-refractivity contribution in [3.63, 3.8) is 0 Å². The third kappa shape index (κ3) is 4.73. The first-order chi connectivity index (χ1) is 5.60. The fourth-order valence-corrected chi connectivity index (χ4v) is 0.520. The Kier molecular flexibility index (Phi) is 5.12. The lowest BCUT2D eigenvalue weighted by molar-refractivity contribution is 0.277. The molecule has 0 atom stereocenters. The zero-order valence-corrected chi connectivity index (χ0v) is 6.77. The first kappa shape index (κ1) is 11.0. The molecule has 0 spiro atoms. The summed E-state index contributed by atoms with van der Waals surface area (Å²) in [6, 6.07) is 1.84. The molecule has 0 unspecified atom stereocenters. The Hall–Kier alpha value is -1.03. The molecule has 0 bridgehead atoms. The number of rotatable bonds is 0. The molecule has 1 aromatic rings. The van der Waals surface area contributed by atoms with Gasteiger partial charge in [0.1, 0.15) is 17.5 Å². The Labute approximate surface area is 68.8 Å². The van der Waals surface area contributed by atoms with E-state index < -0.39 is 17.5 Å². The predicted octanol–water partition coefficient (Wildman–Crippen LogP) is 2.37. The molecule has 4 heteroatoms. The summed E-state index contributed by atoms with van der Waals surface area (Å²) in [5.41, 5.74) is 0. The maximum absolute atomic E-state index is 11.9. The predicted molar refractivity (Wildman–Crippen MR) is 39.2 cm³/mol. The summed E-state index contributed by atoms with van der Waals surface area (Å²) < 4.78 is 40.1. The van der Waals surface area contributed by atoms with E-state index >= 15 is 0 Å². The summed E-state index contributed by atoms with van der Waals surface area (Å²) in [5, 5.41) is 0. The zero-order valence-electron chi connectivity index (χ0n) is 6.77. The third-order valence-corrected chi connectivity index (χ3v) is 0.827. The molecule has 12 heavy (non-hydrogen) atoms. The van der Waals surface area contributed by atoms with Crippen LogP contribution in [0.3, 0.4) is 0 Å². The molecular weight excluding hydrogens is 169 g/mol. The molecule has 1 aromatic carbocycles. The van der Waals surface area contributed by atoms with Crippen molar-refractivity contribution in [3.8, 4) is 0 Å². The van der Waals surface area contributed by atoms with Gasteiger partial charge in [0.15, 0.2) is 0 Å². The fraction of sp³-hybridized carbons (Fsp3) is 0.250. The van der Waals surface area contributed by atoms with Crippen LogP contribution in [0.25, 0.3) is 0 Å². The summed E-state index contributed by atoms with van der Waals surface area (Å²) in [5.74, 6) is -2.69. The van der Waals surface area contributed by atoms with Gasteiger partial charge in [-0.15, -0.1) is 0 Å². The summed E-state index contributed by atoms with van der Waals surface area (Å²) in [6.07, 6.45) is 0. The summed E-state index contributed by atoms with van der Waals surface area (Å²) in [6.45, 7) is 0. The molecular formula is C8H9F3O. The average molecular weight is 178 g/mol. The van der Waals surface area contributed by atoms with Gasteiger partial charge in [0, 0.05) is 32.4 Å². The number of benzene rings is 1. The smallest absolute Gasteiger partial charge is 0.129 e. The van der Waals surface area contributed by atoms with Crippen molar-refractivity contribution in [2.24, 2.45) is 0 Å². The van der Waals surface area contributed by atoms with Gasteiger partial charge in [0.25, 0.3) is 0 Å². The van der Waals surface area contributed by atoms with E-state index in [2.05, 4.69) is 4.74 Å². The highest BCUT2D eigenvalue weighted by atomic mass is 19.1. The minimum atomic E-state index is -0.896. The van der Waals surface area contributed by atoms with E-state index in [1.54, 1.807) is 14.2 Å². The SMILES string of the molecule is COC.Fc1cc(F)cc(F)c1. The van der Waals surface area contributed by atoms with Crippen molar-refractivity contribution in [1.29, 1.82) is 0 Å². The van der Waals surface area contributed by atoms with Crippen molar-refractivity contribution in [3.05, 3.63) is 35.7 Å². The molecule has 0 aromatic heterocycles. The lowest BCUT2D eigenvalue weighted by Gasteiger charge is -1.88. The lowest BCUT2D eigenvalue weighted by atomic mass is 10.3. The van der Waals surface area contributed by atoms with Crippen LogP contribution in [0.5, 0.6) is 0 Å². The van der Waals surface area contributed by atoms with E-state index in [9.17, 15) is 13.2 Å². The third-order valence-electron chi connectivity index (χ3n) is 0.827. The molecule has 1 nitrogen and oxygen atoms in total. The molecule has 0 saturated carbocycles. The number of hydrogen-bond acceptors (Lipinski definition) is 1. The number of methoxy groups -OCH3 is 1. The maximum atomic E-state index is 11.9. The van der Waals surface area contributed by atoms with Crippen LogP contribution < -0.4 is 0 Å². The molecule has 68 valence electrons. The number of halogens is 3. The van der Waals surface area contributed by atoms with Crippen molar-refractivity contribution < 1.29 is 17.9 Å².